The number of carbonyl (C=O) groups excluding carboxylic acids is 3. The Bertz CT molecular complexity index is 919. The zero-order valence-corrected chi connectivity index (χ0v) is 20.6. The molecule has 0 radical (unpaired) electrons. The largest absolute Gasteiger partial charge is 0.444 e. The first-order chi connectivity index (χ1) is 15.9. The van der Waals surface area contributed by atoms with Gasteiger partial charge in [-0.1, -0.05) is 0 Å². The van der Waals surface area contributed by atoms with Crippen molar-refractivity contribution in [3.8, 4) is 0 Å². The van der Waals surface area contributed by atoms with Gasteiger partial charge in [-0.3, -0.25) is 9.69 Å². The van der Waals surface area contributed by atoms with Gasteiger partial charge in [0.05, 0.1) is 24.5 Å². The summed E-state index contributed by atoms with van der Waals surface area (Å²) in [7, 11) is 1.81. The Kier molecular flexibility index (Phi) is 7.89. The number of hydrogen-bond donors (Lipinski definition) is 1. The molecule has 2 fully saturated rings. The van der Waals surface area contributed by atoms with Gasteiger partial charge in [-0.2, -0.15) is 0 Å². The van der Waals surface area contributed by atoms with Crippen LogP contribution in [-0.4, -0.2) is 74.0 Å². The van der Waals surface area contributed by atoms with Gasteiger partial charge in [0.15, 0.2) is 0 Å². The summed E-state index contributed by atoms with van der Waals surface area (Å²) in [5.41, 5.74) is 0.202. The molecule has 1 unspecified atom stereocenters. The Morgan fingerprint density at radius 3 is 2.65 bits per heavy atom. The lowest BCUT2D eigenvalue weighted by atomic mass is 10.1. The Balaban J connectivity index is 1.69. The molecule has 2 aliphatic heterocycles. The molecule has 0 aromatic heterocycles. The van der Waals surface area contributed by atoms with Crippen LogP contribution in [0.4, 0.5) is 25.4 Å². The van der Waals surface area contributed by atoms with Crippen molar-refractivity contribution >= 4 is 29.5 Å². The highest BCUT2D eigenvalue weighted by Gasteiger charge is 2.33. The number of amides is 3. The van der Waals surface area contributed by atoms with E-state index >= 15 is 4.39 Å². The summed E-state index contributed by atoms with van der Waals surface area (Å²) in [5.74, 6) is -0.678. The first-order valence-electron chi connectivity index (χ1n) is 11.7. The number of nitrogens with zero attached hydrogens (tertiary/aromatic N) is 3. The smallest absolute Gasteiger partial charge is 0.414 e. The van der Waals surface area contributed by atoms with E-state index in [0.29, 0.717) is 24.5 Å². The fraction of sp³-hybridized carbons (Fsp3) is 0.625. The predicted octanol–water partition coefficient (Wildman–Crippen LogP) is 3.51. The molecule has 2 atom stereocenters. The van der Waals surface area contributed by atoms with E-state index < -0.39 is 23.6 Å². The number of likely N-dealkylation sites (N-methyl/N-ethyl adjacent to an activating group) is 1. The van der Waals surface area contributed by atoms with E-state index in [4.69, 9.17) is 9.47 Å². The van der Waals surface area contributed by atoms with Crippen LogP contribution in [0.2, 0.25) is 0 Å². The molecule has 0 bridgehead atoms. The predicted molar refractivity (Wildman–Crippen MR) is 127 cm³/mol. The molecule has 0 saturated carbocycles. The van der Waals surface area contributed by atoms with Crippen molar-refractivity contribution < 1.29 is 28.2 Å². The highest BCUT2D eigenvalue weighted by Crippen LogP contribution is 2.30. The second-order valence-electron chi connectivity index (χ2n) is 9.88. The van der Waals surface area contributed by atoms with Gasteiger partial charge >= 0.3 is 12.2 Å². The molecule has 0 spiro atoms. The molecule has 1 N–H and O–H groups in total. The lowest BCUT2D eigenvalue weighted by molar-refractivity contribution is -0.119. The van der Waals surface area contributed by atoms with E-state index in [9.17, 15) is 14.4 Å². The second kappa shape index (κ2) is 10.5. The van der Waals surface area contributed by atoms with Crippen LogP contribution in [0, 0.1) is 5.82 Å². The van der Waals surface area contributed by atoms with Crippen molar-refractivity contribution in [2.45, 2.75) is 64.7 Å². The molecule has 2 saturated heterocycles. The number of rotatable bonds is 5. The van der Waals surface area contributed by atoms with Crippen LogP contribution in [-0.2, 0) is 14.3 Å². The lowest BCUT2D eigenvalue weighted by Crippen LogP contribution is -2.45. The van der Waals surface area contributed by atoms with Gasteiger partial charge in [0.25, 0.3) is 0 Å². The maximum absolute atomic E-state index is 15.2. The van der Waals surface area contributed by atoms with E-state index in [1.54, 1.807) is 17.0 Å². The van der Waals surface area contributed by atoms with E-state index in [-0.39, 0.29) is 31.1 Å². The highest BCUT2D eigenvalue weighted by molar-refractivity contribution is 5.90. The standard InChI is InChI=1S/C24H35FN4O5/c1-16(30)26-13-19-15-29(23(32)33-19)17-9-10-21(20(25)12-17)27(5)18-8-6-7-11-28(14-18)22(31)34-24(2,3)4/h9-10,12,18-19H,6-8,11,13-15H2,1-5H3,(H,26,30)/t18?,19-/m0/s1. The zero-order chi connectivity index (χ0) is 25.0. The summed E-state index contributed by atoms with van der Waals surface area (Å²) in [6, 6.07) is 4.56. The molecule has 9 nitrogen and oxygen atoms in total. The zero-order valence-electron chi connectivity index (χ0n) is 20.6. The number of ether oxygens (including phenoxy) is 2. The van der Waals surface area contributed by atoms with Crippen LogP contribution >= 0.6 is 0 Å². The van der Waals surface area contributed by atoms with Gasteiger partial charge < -0.3 is 24.6 Å². The second-order valence-corrected chi connectivity index (χ2v) is 9.88. The molecule has 3 amide bonds. The Morgan fingerprint density at radius 1 is 1.26 bits per heavy atom. The molecule has 10 heteroatoms. The average molecular weight is 479 g/mol. The molecule has 34 heavy (non-hydrogen) atoms. The van der Waals surface area contributed by atoms with Crippen LogP contribution in [0.3, 0.4) is 0 Å². The van der Waals surface area contributed by atoms with E-state index in [2.05, 4.69) is 5.32 Å². The average Bonchev–Trinajstić information content (AvgIpc) is 2.94. The normalized spacial score (nSPS) is 21.1. The summed E-state index contributed by atoms with van der Waals surface area (Å²) in [5, 5.41) is 2.62. The molecular weight excluding hydrogens is 443 g/mol. The van der Waals surface area contributed by atoms with Gasteiger partial charge in [-0.15, -0.1) is 0 Å². The van der Waals surface area contributed by atoms with Crippen molar-refractivity contribution in [2.75, 3.05) is 43.0 Å². The summed E-state index contributed by atoms with van der Waals surface area (Å²) in [4.78, 5) is 40.9. The molecule has 3 rings (SSSR count). The van der Waals surface area contributed by atoms with Crippen molar-refractivity contribution in [3.63, 3.8) is 0 Å². The van der Waals surface area contributed by atoms with Crippen LogP contribution in [0.5, 0.6) is 0 Å². The van der Waals surface area contributed by atoms with Crippen molar-refractivity contribution in [1.29, 1.82) is 0 Å². The number of likely N-dealkylation sites (tertiary alicyclic amines) is 1. The van der Waals surface area contributed by atoms with Gasteiger partial charge in [0.2, 0.25) is 5.91 Å². The summed E-state index contributed by atoms with van der Waals surface area (Å²) >= 11 is 0. The van der Waals surface area contributed by atoms with Crippen LogP contribution in [0.15, 0.2) is 18.2 Å². The fourth-order valence-corrected chi connectivity index (χ4v) is 4.17. The number of nitrogens with one attached hydrogen (secondary N) is 1. The third-order valence-corrected chi connectivity index (χ3v) is 5.92. The highest BCUT2D eigenvalue weighted by atomic mass is 19.1. The monoisotopic (exact) mass is 478 g/mol. The molecule has 2 heterocycles. The summed E-state index contributed by atoms with van der Waals surface area (Å²) in [6.07, 6.45) is 1.18. The number of carbonyl (C=O) groups is 3. The molecule has 1 aromatic carbocycles. The number of halogens is 1. The van der Waals surface area contributed by atoms with E-state index in [1.165, 1.54) is 17.9 Å². The topological polar surface area (TPSA) is 91.4 Å². The van der Waals surface area contributed by atoms with Crippen molar-refractivity contribution in [3.05, 3.63) is 24.0 Å². The SMILES string of the molecule is CC(=O)NC[C@H]1CN(c2ccc(N(C)C3CCCCN(C(=O)OC(C)(C)C)C3)c(F)c2)C(=O)O1. The van der Waals surface area contributed by atoms with Gasteiger partial charge in [-0.05, 0) is 58.2 Å². The van der Waals surface area contributed by atoms with E-state index in [1.807, 2.05) is 32.7 Å². The minimum atomic E-state index is -0.579. The first kappa shape index (κ1) is 25.6. The molecule has 0 aliphatic carbocycles. The third kappa shape index (κ3) is 6.51. The van der Waals surface area contributed by atoms with Crippen molar-refractivity contribution in [2.24, 2.45) is 0 Å². The van der Waals surface area contributed by atoms with Crippen LogP contribution < -0.4 is 15.1 Å². The number of cyclic esters (lactones) is 1. The van der Waals surface area contributed by atoms with Gasteiger partial charge in [-0.25, -0.2) is 14.0 Å². The quantitative estimate of drug-likeness (QED) is 0.697. The number of anilines is 2. The Hall–Kier alpha value is -3.04. The fourth-order valence-electron chi connectivity index (χ4n) is 4.17. The Morgan fingerprint density at radius 2 is 2.00 bits per heavy atom. The van der Waals surface area contributed by atoms with E-state index in [0.717, 1.165) is 19.3 Å². The maximum Gasteiger partial charge on any atom is 0.414 e. The number of benzene rings is 1. The minimum Gasteiger partial charge on any atom is -0.444 e. The number of hydrogen-bond acceptors (Lipinski definition) is 6. The first-order valence-corrected chi connectivity index (χ1v) is 11.7. The van der Waals surface area contributed by atoms with Gasteiger partial charge in [0, 0.05) is 33.1 Å². The molecular formula is C24H35FN4O5. The summed E-state index contributed by atoms with van der Waals surface area (Å²) < 4.78 is 26.0. The third-order valence-electron chi connectivity index (χ3n) is 5.92. The molecule has 188 valence electrons. The molecule has 2 aliphatic rings. The lowest BCUT2D eigenvalue weighted by Gasteiger charge is -2.33. The maximum atomic E-state index is 15.2. The van der Waals surface area contributed by atoms with Crippen LogP contribution in [0.25, 0.3) is 0 Å². The van der Waals surface area contributed by atoms with Crippen molar-refractivity contribution in [1.82, 2.24) is 10.2 Å². The molecule has 1 aromatic rings. The van der Waals surface area contributed by atoms with Gasteiger partial charge in [0.1, 0.15) is 17.5 Å². The minimum absolute atomic E-state index is 0.0749. The Labute approximate surface area is 200 Å². The van der Waals surface area contributed by atoms with Crippen LogP contribution in [0.1, 0.15) is 47.0 Å². The summed E-state index contributed by atoms with van der Waals surface area (Å²) in [6.45, 7) is 8.37.